The topological polar surface area (TPSA) is 133 Å². The van der Waals surface area contributed by atoms with Crippen molar-refractivity contribution in [2.75, 3.05) is 10.6 Å². The fourth-order valence-electron chi connectivity index (χ4n) is 1.59. The highest BCUT2D eigenvalue weighted by Crippen LogP contribution is 2.18. The van der Waals surface area contributed by atoms with Gasteiger partial charge in [-0.25, -0.2) is 9.59 Å². The average molecular weight is 318 g/mol. The van der Waals surface area contributed by atoms with Crippen molar-refractivity contribution in [3.63, 3.8) is 0 Å². The van der Waals surface area contributed by atoms with Gasteiger partial charge in [-0.15, -0.1) is 0 Å². The van der Waals surface area contributed by atoms with Crippen molar-refractivity contribution >= 4 is 35.1 Å². The van der Waals surface area contributed by atoms with E-state index in [0.717, 1.165) is 17.7 Å². The molecule has 4 N–H and O–H groups in total. The average Bonchev–Trinajstić information content (AvgIpc) is 2.42. The number of carbonyl (C=O) groups excluding carboxylic acids is 2. The van der Waals surface area contributed by atoms with Crippen LogP contribution in [0.25, 0.3) is 0 Å². The van der Waals surface area contributed by atoms with Gasteiger partial charge >= 0.3 is 11.9 Å². The van der Waals surface area contributed by atoms with Crippen molar-refractivity contribution in [1.29, 1.82) is 0 Å². The van der Waals surface area contributed by atoms with Gasteiger partial charge < -0.3 is 20.8 Å². The first-order valence-corrected chi connectivity index (χ1v) is 6.32. The van der Waals surface area contributed by atoms with Crippen LogP contribution in [0.1, 0.15) is 5.56 Å². The summed E-state index contributed by atoms with van der Waals surface area (Å²) in [5, 5.41) is 21.8. The number of anilines is 2. The third-order valence-corrected chi connectivity index (χ3v) is 2.37. The Bertz CT molecular complexity index is 650. The van der Waals surface area contributed by atoms with Crippen LogP contribution in [0.4, 0.5) is 11.4 Å². The van der Waals surface area contributed by atoms with Crippen molar-refractivity contribution < 1.29 is 29.4 Å². The molecule has 0 unspecified atom stereocenters. The van der Waals surface area contributed by atoms with Crippen molar-refractivity contribution in [3.05, 3.63) is 48.1 Å². The maximum absolute atomic E-state index is 11.5. The Balaban J connectivity index is 2.83. The number of aliphatic carboxylic acids is 2. The molecule has 0 atom stereocenters. The highest BCUT2D eigenvalue weighted by molar-refractivity contribution is 6.04. The molecule has 0 heterocycles. The lowest BCUT2D eigenvalue weighted by Gasteiger charge is -2.08. The summed E-state index contributed by atoms with van der Waals surface area (Å²) in [5.41, 5.74) is 1.42. The molecule has 1 rings (SSSR count). The standard InChI is InChI=1S/C15H14N2O6/c1-9-6-10(16-12(18)2-4-14(20)21)8-11(7-9)17-13(19)3-5-15(22)23/h2-8H,1H3,(H,16,18)(H,17,19)(H,20,21)(H,22,23). The number of carboxylic acid groups (broad SMARTS) is 2. The Morgan fingerprint density at radius 2 is 1.17 bits per heavy atom. The number of carboxylic acids is 2. The molecule has 8 nitrogen and oxygen atoms in total. The zero-order valence-corrected chi connectivity index (χ0v) is 12.1. The van der Waals surface area contributed by atoms with E-state index in [2.05, 4.69) is 10.6 Å². The Morgan fingerprint density at radius 1 is 0.783 bits per heavy atom. The first-order valence-electron chi connectivity index (χ1n) is 6.32. The van der Waals surface area contributed by atoms with Gasteiger partial charge in [0.1, 0.15) is 0 Å². The summed E-state index contributed by atoms with van der Waals surface area (Å²) in [6, 6.07) is 4.69. The van der Waals surface area contributed by atoms with Crippen LogP contribution >= 0.6 is 0 Å². The van der Waals surface area contributed by atoms with E-state index >= 15 is 0 Å². The van der Waals surface area contributed by atoms with E-state index in [1.165, 1.54) is 6.07 Å². The molecule has 0 aliphatic heterocycles. The summed E-state index contributed by atoms with van der Waals surface area (Å²) in [7, 11) is 0. The van der Waals surface area contributed by atoms with E-state index in [-0.39, 0.29) is 0 Å². The minimum absolute atomic E-state index is 0.350. The van der Waals surface area contributed by atoms with Gasteiger partial charge in [0, 0.05) is 35.7 Å². The number of hydrogen-bond acceptors (Lipinski definition) is 4. The largest absolute Gasteiger partial charge is 0.478 e. The van der Waals surface area contributed by atoms with Gasteiger partial charge in [0.15, 0.2) is 0 Å². The van der Waals surface area contributed by atoms with Gasteiger partial charge in [0.2, 0.25) is 11.8 Å². The Hall–Kier alpha value is -3.42. The zero-order chi connectivity index (χ0) is 17.4. The van der Waals surface area contributed by atoms with Crippen LogP contribution in [-0.2, 0) is 19.2 Å². The number of aryl methyl sites for hydroxylation is 1. The highest BCUT2D eigenvalue weighted by Gasteiger charge is 2.04. The normalized spacial score (nSPS) is 10.7. The fourth-order valence-corrected chi connectivity index (χ4v) is 1.59. The minimum atomic E-state index is -1.25. The predicted octanol–water partition coefficient (Wildman–Crippen LogP) is 1.15. The molecule has 0 aliphatic rings. The Morgan fingerprint density at radius 3 is 1.52 bits per heavy atom. The fraction of sp³-hybridized carbons (Fsp3) is 0.0667. The van der Waals surface area contributed by atoms with Crippen LogP contribution in [-0.4, -0.2) is 34.0 Å². The van der Waals surface area contributed by atoms with Crippen LogP contribution < -0.4 is 10.6 Å². The zero-order valence-electron chi connectivity index (χ0n) is 12.1. The second-order valence-electron chi connectivity index (χ2n) is 4.41. The first-order chi connectivity index (χ1) is 10.8. The third kappa shape index (κ3) is 7.23. The number of hydrogen-bond donors (Lipinski definition) is 4. The maximum atomic E-state index is 11.5. The summed E-state index contributed by atoms with van der Waals surface area (Å²) in [4.78, 5) is 43.7. The number of rotatable bonds is 6. The van der Waals surface area contributed by atoms with Crippen LogP contribution in [0, 0.1) is 6.92 Å². The van der Waals surface area contributed by atoms with E-state index in [4.69, 9.17) is 10.2 Å². The molecule has 1 aromatic carbocycles. The number of carbonyl (C=O) groups is 4. The van der Waals surface area contributed by atoms with E-state index < -0.39 is 23.8 Å². The molecule has 0 saturated carbocycles. The monoisotopic (exact) mass is 318 g/mol. The first kappa shape index (κ1) is 17.6. The van der Waals surface area contributed by atoms with Crippen molar-refractivity contribution in [1.82, 2.24) is 0 Å². The van der Waals surface area contributed by atoms with Crippen LogP contribution in [0.5, 0.6) is 0 Å². The molecule has 0 fully saturated rings. The Kier molecular flexibility index (Phi) is 6.23. The molecule has 2 amide bonds. The Labute approximate surface area is 131 Å². The number of benzene rings is 1. The minimum Gasteiger partial charge on any atom is -0.478 e. The molecule has 120 valence electrons. The second kappa shape index (κ2) is 8.13. The lowest BCUT2D eigenvalue weighted by atomic mass is 10.2. The molecule has 1 aromatic rings. The maximum Gasteiger partial charge on any atom is 0.328 e. The van der Waals surface area contributed by atoms with Crippen molar-refractivity contribution in [3.8, 4) is 0 Å². The number of amides is 2. The lowest BCUT2D eigenvalue weighted by molar-refractivity contribution is -0.132. The summed E-state index contributed by atoms with van der Waals surface area (Å²) in [6.45, 7) is 1.73. The summed E-state index contributed by atoms with van der Waals surface area (Å²) >= 11 is 0. The summed E-state index contributed by atoms with van der Waals surface area (Å²) in [5.74, 6) is -3.77. The highest BCUT2D eigenvalue weighted by atomic mass is 16.4. The summed E-state index contributed by atoms with van der Waals surface area (Å²) < 4.78 is 0. The van der Waals surface area contributed by atoms with Gasteiger partial charge in [-0.2, -0.15) is 0 Å². The van der Waals surface area contributed by atoms with Gasteiger partial charge in [0.25, 0.3) is 0 Å². The van der Waals surface area contributed by atoms with E-state index in [1.54, 1.807) is 19.1 Å². The molecule has 0 spiro atoms. The molecule has 0 saturated heterocycles. The van der Waals surface area contributed by atoms with Crippen LogP contribution in [0.2, 0.25) is 0 Å². The quantitative estimate of drug-likeness (QED) is 0.582. The van der Waals surface area contributed by atoms with Crippen LogP contribution in [0.3, 0.4) is 0 Å². The smallest absolute Gasteiger partial charge is 0.328 e. The molecular weight excluding hydrogens is 304 g/mol. The van der Waals surface area contributed by atoms with Crippen LogP contribution in [0.15, 0.2) is 42.5 Å². The van der Waals surface area contributed by atoms with Gasteiger partial charge in [-0.1, -0.05) is 0 Å². The molecule has 0 bridgehead atoms. The van der Waals surface area contributed by atoms with Crippen molar-refractivity contribution in [2.45, 2.75) is 6.92 Å². The van der Waals surface area contributed by atoms with Crippen molar-refractivity contribution in [2.24, 2.45) is 0 Å². The second-order valence-corrected chi connectivity index (χ2v) is 4.41. The van der Waals surface area contributed by atoms with E-state index in [1.807, 2.05) is 0 Å². The molecule has 23 heavy (non-hydrogen) atoms. The molecule has 8 heteroatoms. The predicted molar refractivity (Wildman–Crippen MR) is 82.0 cm³/mol. The molecule has 0 radical (unpaired) electrons. The SMILES string of the molecule is Cc1cc(NC(=O)C=CC(=O)O)cc(NC(=O)C=CC(=O)O)c1. The third-order valence-electron chi connectivity index (χ3n) is 2.37. The molecular formula is C15H14N2O6. The van der Waals surface area contributed by atoms with Gasteiger partial charge in [0.05, 0.1) is 0 Å². The molecule has 0 aliphatic carbocycles. The number of nitrogens with one attached hydrogen (secondary N) is 2. The van der Waals surface area contributed by atoms with Gasteiger partial charge in [-0.3, -0.25) is 9.59 Å². The van der Waals surface area contributed by atoms with E-state index in [9.17, 15) is 19.2 Å². The summed E-state index contributed by atoms with van der Waals surface area (Å²) in [6.07, 6.45) is 3.12. The molecule has 0 aromatic heterocycles. The van der Waals surface area contributed by atoms with Gasteiger partial charge in [-0.05, 0) is 30.7 Å². The lowest BCUT2D eigenvalue weighted by Crippen LogP contribution is -2.11. The van der Waals surface area contributed by atoms with E-state index in [0.29, 0.717) is 23.5 Å².